The van der Waals surface area contributed by atoms with E-state index in [9.17, 15) is 4.79 Å². The van der Waals surface area contributed by atoms with Crippen LogP contribution >= 0.6 is 0 Å². The number of rotatable bonds is 2. The summed E-state index contributed by atoms with van der Waals surface area (Å²) in [5.74, 6) is 1.48. The zero-order valence-corrected chi connectivity index (χ0v) is 13.8. The van der Waals surface area contributed by atoms with Crippen molar-refractivity contribution in [2.45, 2.75) is 32.1 Å². The van der Waals surface area contributed by atoms with Crippen LogP contribution in [-0.4, -0.2) is 47.1 Å². The maximum Gasteiger partial charge on any atom is 0.289 e. The van der Waals surface area contributed by atoms with Crippen LogP contribution < -0.4 is 0 Å². The maximum absolute atomic E-state index is 12.6. The maximum atomic E-state index is 12.6. The van der Waals surface area contributed by atoms with Crippen molar-refractivity contribution in [2.24, 2.45) is 0 Å². The largest absolute Gasteiger partial charge is 0.456 e. The number of furan rings is 1. The first-order valence-corrected chi connectivity index (χ1v) is 8.48. The number of hydrogen-bond acceptors (Lipinski definition) is 5. The Morgan fingerprint density at radius 2 is 2.12 bits per heavy atom. The number of fused-ring (bicyclic) bond motifs is 1. The van der Waals surface area contributed by atoms with Gasteiger partial charge in [-0.3, -0.25) is 4.79 Å². The molecule has 24 heavy (non-hydrogen) atoms. The first-order valence-electron chi connectivity index (χ1n) is 8.48. The number of aryl methyl sites for hydroxylation is 1. The van der Waals surface area contributed by atoms with Crippen molar-refractivity contribution in [1.29, 1.82) is 0 Å². The Kier molecular flexibility index (Phi) is 4.06. The van der Waals surface area contributed by atoms with E-state index < -0.39 is 0 Å². The molecule has 0 unspecified atom stereocenters. The summed E-state index contributed by atoms with van der Waals surface area (Å²) in [7, 11) is 0. The average molecular weight is 327 g/mol. The molecule has 1 amide bonds. The van der Waals surface area contributed by atoms with Gasteiger partial charge >= 0.3 is 0 Å². The van der Waals surface area contributed by atoms with E-state index in [-0.39, 0.29) is 5.91 Å². The molecule has 0 spiro atoms. The summed E-state index contributed by atoms with van der Waals surface area (Å²) in [4.78, 5) is 23.5. The first kappa shape index (κ1) is 15.3. The van der Waals surface area contributed by atoms with Crippen LogP contribution in [-0.2, 0) is 17.6 Å². The topological polar surface area (TPSA) is 68.5 Å². The number of hydrogen-bond donors (Lipinski definition) is 0. The van der Waals surface area contributed by atoms with Gasteiger partial charge < -0.3 is 14.1 Å². The van der Waals surface area contributed by atoms with Gasteiger partial charge in [-0.05, 0) is 37.5 Å². The minimum atomic E-state index is -0.0467. The number of carbonyl (C=O) groups is 1. The molecule has 2 aromatic rings. The van der Waals surface area contributed by atoms with Gasteiger partial charge in [0.05, 0.1) is 12.3 Å². The van der Waals surface area contributed by atoms with E-state index >= 15 is 0 Å². The molecule has 1 saturated heterocycles. The Morgan fingerprint density at radius 3 is 2.88 bits per heavy atom. The van der Waals surface area contributed by atoms with Crippen molar-refractivity contribution in [3.63, 3.8) is 0 Å². The molecule has 0 bridgehead atoms. The van der Waals surface area contributed by atoms with E-state index in [1.165, 1.54) is 5.56 Å². The van der Waals surface area contributed by atoms with Crippen LogP contribution in [0.5, 0.6) is 0 Å². The number of carbonyl (C=O) groups excluding carboxylic acids is 1. The van der Waals surface area contributed by atoms with Crippen LogP contribution in [0, 0.1) is 6.92 Å². The number of nitrogens with zero attached hydrogens (tertiary/aromatic N) is 3. The van der Waals surface area contributed by atoms with E-state index in [2.05, 4.69) is 9.97 Å². The Hall–Kier alpha value is -2.21. The Bertz CT molecular complexity index is 750. The van der Waals surface area contributed by atoms with Crippen LogP contribution in [0.4, 0.5) is 0 Å². The molecule has 2 aliphatic heterocycles. The Morgan fingerprint density at radius 1 is 1.25 bits per heavy atom. The van der Waals surface area contributed by atoms with Gasteiger partial charge in [0.25, 0.3) is 5.91 Å². The van der Waals surface area contributed by atoms with Gasteiger partial charge in [0.15, 0.2) is 5.76 Å². The molecule has 2 aliphatic rings. The summed E-state index contributed by atoms with van der Waals surface area (Å²) in [6, 6.07) is 3.57. The van der Waals surface area contributed by atoms with Gasteiger partial charge in [0.2, 0.25) is 0 Å². The van der Waals surface area contributed by atoms with Gasteiger partial charge in [0.1, 0.15) is 12.1 Å². The highest BCUT2D eigenvalue weighted by Gasteiger charge is 2.28. The van der Waals surface area contributed by atoms with Gasteiger partial charge in [-0.2, -0.15) is 0 Å². The van der Waals surface area contributed by atoms with Crippen molar-refractivity contribution in [1.82, 2.24) is 14.9 Å². The lowest BCUT2D eigenvalue weighted by Gasteiger charge is -2.18. The molecule has 0 N–H and O–H groups in total. The second kappa shape index (κ2) is 6.36. The van der Waals surface area contributed by atoms with Crippen LogP contribution in [0.2, 0.25) is 0 Å². The zero-order valence-electron chi connectivity index (χ0n) is 13.8. The molecule has 0 saturated carbocycles. The van der Waals surface area contributed by atoms with Crippen molar-refractivity contribution in [3.8, 4) is 0 Å². The fourth-order valence-corrected chi connectivity index (χ4v) is 3.56. The van der Waals surface area contributed by atoms with E-state index in [0.29, 0.717) is 24.8 Å². The van der Waals surface area contributed by atoms with Crippen LogP contribution in [0.3, 0.4) is 0 Å². The van der Waals surface area contributed by atoms with Crippen LogP contribution in [0.25, 0.3) is 0 Å². The third-order valence-electron chi connectivity index (χ3n) is 4.87. The Balaban J connectivity index is 1.55. The molecule has 1 atom stereocenters. The predicted molar refractivity (Wildman–Crippen MR) is 87.0 cm³/mol. The molecule has 4 rings (SSSR count). The summed E-state index contributed by atoms with van der Waals surface area (Å²) < 4.78 is 11.0. The van der Waals surface area contributed by atoms with Crippen LogP contribution in [0.15, 0.2) is 22.9 Å². The molecule has 2 aromatic heterocycles. The minimum Gasteiger partial charge on any atom is -0.456 e. The van der Waals surface area contributed by atoms with Crippen molar-refractivity contribution in [3.05, 3.63) is 46.9 Å². The van der Waals surface area contributed by atoms with E-state index in [1.807, 2.05) is 17.9 Å². The van der Waals surface area contributed by atoms with Crippen LogP contribution in [0.1, 0.15) is 45.6 Å². The van der Waals surface area contributed by atoms with Gasteiger partial charge in [-0.25, -0.2) is 9.97 Å². The van der Waals surface area contributed by atoms with Crippen molar-refractivity contribution < 1.29 is 13.9 Å². The molecule has 6 nitrogen and oxygen atoms in total. The highest BCUT2D eigenvalue weighted by Crippen LogP contribution is 2.29. The second-order valence-electron chi connectivity index (χ2n) is 6.45. The lowest BCUT2D eigenvalue weighted by molar-refractivity contribution is 0.0729. The SMILES string of the molecule is Cc1ccc(C(=O)N2CCc3ncnc([C@@H]4CCOC4)c3CC2)o1. The van der Waals surface area contributed by atoms with E-state index in [0.717, 1.165) is 49.6 Å². The number of ether oxygens (including phenoxy) is 1. The highest BCUT2D eigenvalue weighted by atomic mass is 16.5. The molecule has 126 valence electrons. The van der Waals surface area contributed by atoms with Gasteiger partial charge in [0, 0.05) is 37.7 Å². The molecular weight excluding hydrogens is 306 g/mol. The lowest BCUT2D eigenvalue weighted by Crippen LogP contribution is -2.33. The summed E-state index contributed by atoms with van der Waals surface area (Å²) >= 11 is 0. The molecule has 4 heterocycles. The van der Waals surface area contributed by atoms with Crippen molar-refractivity contribution >= 4 is 5.91 Å². The number of amides is 1. The van der Waals surface area contributed by atoms with Gasteiger partial charge in [-0.15, -0.1) is 0 Å². The summed E-state index contributed by atoms with van der Waals surface area (Å²) in [5, 5.41) is 0. The van der Waals surface area contributed by atoms with E-state index in [1.54, 1.807) is 12.4 Å². The third kappa shape index (κ3) is 2.82. The number of aromatic nitrogens is 2. The standard InChI is InChI=1S/C18H21N3O3/c1-12-2-3-16(24-12)18(22)21-7-4-14-15(5-8-21)19-11-20-17(14)13-6-9-23-10-13/h2-3,11,13H,4-10H2,1H3/t13-/m1/s1. The minimum absolute atomic E-state index is 0.0467. The summed E-state index contributed by atoms with van der Waals surface area (Å²) in [6.07, 6.45) is 4.20. The molecule has 6 heteroatoms. The fraction of sp³-hybridized carbons (Fsp3) is 0.500. The molecule has 0 aliphatic carbocycles. The second-order valence-corrected chi connectivity index (χ2v) is 6.45. The fourth-order valence-electron chi connectivity index (χ4n) is 3.56. The quantitative estimate of drug-likeness (QED) is 0.845. The molecule has 0 aromatic carbocycles. The smallest absolute Gasteiger partial charge is 0.289 e. The first-order chi connectivity index (χ1) is 11.7. The Labute approximate surface area is 140 Å². The van der Waals surface area contributed by atoms with E-state index in [4.69, 9.17) is 9.15 Å². The van der Waals surface area contributed by atoms with Gasteiger partial charge in [-0.1, -0.05) is 0 Å². The highest BCUT2D eigenvalue weighted by molar-refractivity contribution is 5.91. The zero-order chi connectivity index (χ0) is 16.5. The summed E-state index contributed by atoms with van der Waals surface area (Å²) in [5.41, 5.74) is 3.39. The summed E-state index contributed by atoms with van der Waals surface area (Å²) in [6.45, 7) is 4.70. The molecular formula is C18H21N3O3. The predicted octanol–water partition coefficient (Wildman–Crippen LogP) is 2.12. The average Bonchev–Trinajstić information content (AvgIpc) is 3.22. The normalized spacial score (nSPS) is 20.7. The van der Waals surface area contributed by atoms with Crippen molar-refractivity contribution in [2.75, 3.05) is 26.3 Å². The lowest BCUT2D eigenvalue weighted by atomic mass is 9.96. The molecule has 0 radical (unpaired) electrons. The molecule has 1 fully saturated rings. The monoisotopic (exact) mass is 327 g/mol. The third-order valence-corrected chi connectivity index (χ3v) is 4.87.